The van der Waals surface area contributed by atoms with Crippen LogP contribution in [0.3, 0.4) is 0 Å². The largest absolute Gasteiger partial charge is 0.370 e. The summed E-state index contributed by atoms with van der Waals surface area (Å²) in [6, 6.07) is 11.4. The second kappa shape index (κ2) is 10.6. The summed E-state index contributed by atoms with van der Waals surface area (Å²) in [5.41, 5.74) is 3.25. The summed E-state index contributed by atoms with van der Waals surface area (Å²) in [6.45, 7) is 4.86. The van der Waals surface area contributed by atoms with E-state index in [0.29, 0.717) is 32.5 Å². The van der Waals surface area contributed by atoms with E-state index in [4.69, 9.17) is 61.1 Å². The van der Waals surface area contributed by atoms with E-state index in [9.17, 15) is 0 Å². The highest BCUT2D eigenvalue weighted by Gasteiger charge is 2.31. The Labute approximate surface area is 236 Å². The van der Waals surface area contributed by atoms with Gasteiger partial charge in [-0.1, -0.05) is 70.3 Å². The molecular weight excluding hydrogens is 582 g/mol. The molecule has 0 radical (unpaired) electrons. The number of benzene rings is 2. The van der Waals surface area contributed by atoms with Crippen molar-refractivity contribution in [2.24, 2.45) is 0 Å². The maximum absolute atomic E-state index is 6.24. The van der Waals surface area contributed by atoms with Crippen LogP contribution in [0.25, 0.3) is 10.2 Å². The van der Waals surface area contributed by atoms with E-state index in [1.807, 2.05) is 36.4 Å². The fourth-order valence-corrected chi connectivity index (χ4v) is 7.53. The minimum absolute atomic E-state index is 0.214. The first-order valence-corrected chi connectivity index (χ1v) is 15.1. The topological polar surface area (TPSA) is 35.0 Å². The second-order valence-electron chi connectivity index (χ2n) is 8.79. The van der Waals surface area contributed by atoms with Gasteiger partial charge in [-0.3, -0.25) is 0 Å². The minimum atomic E-state index is -0.214. The molecule has 0 aliphatic carbocycles. The van der Waals surface area contributed by atoms with Gasteiger partial charge in [0.15, 0.2) is 5.16 Å². The Balaban J connectivity index is 1.48. The zero-order chi connectivity index (χ0) is 24.7. The fourth-order valence-electron chi connectivity index (χ4n) is 3.82. The maximum atomic E-state index is 6.24. The van der Waals surface area contributed by atoms with Crippen molar-refractivity contribution < 1.29 is 4.74 Å². The molecule has 2 aromatic carbocycles. The van der Waals surface area contributed by atoms with Gasteiger partial charge in [0.1, 0.15) is 9.86 Å². The number of hydrogen-bond donors (Lipinski definition) is 0. The Morgan fingerprint density at radius 1 is 0.886 bits per heavy atom. The molecule has 0 N–H and O–H groups in total. The Hall–Kier alpha value is -0.700. The Kier molecular flexibility index (Phi) is 7.84. The standard InChI is InChI=1S/C25H20Cl4N2OS3/c1-25(2)9-15-20(10-32-25)35-23-21(15)22(33-11-13-3-5-16(26)18(28)7-13)30-24(31-23)34-12-14-4-6-17(27)19(29)8-14/h3-8H,9-12H2,1-2H3. The molecule has 1 aliphatic rings. The second-order valence-corrected chi connectivity index (χ2v) is 13.4. The number of halogens is 4. The van der Waals surface area contributed by atoms with E-state index in [-0.39, 0.29) is 5.60 Å². The van der Waals surface area contributed by atoms with E-state index in [1.54, 1.807) is 34.9 Å². The molecule has 0 spiro atoms. The molecule has 0 saturated heterocycles. The van der Waals surface area contributed by atoms with Crippen LogP contribution in [-0.4, -0.2) is 15.6 Å². The fraction of sp³-hybridized carbons (Fsp3) is 0.280. The summed E-state index contributed by atoms with van der Waals surface area (Å²) >= 11 is 29.6. The van der Waals surface area contributed by atoms with Crippen LogP contribution in [0.4, 0.5) is 0 Å². The van der Waals surface area contributed by atoms with Gasteiger partial charge in [0.2, 0.25) is 0 Å². The number of aromatic nitrogens is 2. The van der Waals surface area contributed by atoms with E-state index in [2.05, 4.69) is 13.8 Å². The highest BCUT2D eigenvalue weighted by atomic mass is 35.5. The first-order valence-electron chi connectivity index (χ1n) is 10.8. The quantitative estimate of drug-likeness (QED) is 0.125. The smallest absolute Gasteiger partial charge is 0.190 e. The summed E-state index contributed by atoms with van der Waals surface area (Å²) < 4.78 is 6.07. The highest BCUT2D eigenvalue weighted by molar-refractivity contribution is 7.99. The molecule has 0 fully saturated rings. The predicted molar refractivity (Wildman–Crippen MR) is 152 cm³/mol. The van der Waals surface area contributed by atoms with E-state index in [1.165, 1.54) is 10.4 Å². The third kappa shape index (κ3) is 5.91. The SMILES string of the molecule is CC1(C)Cc2c(sc3nc(SCc4ccc(Cl)c(Cl)c4)nc(SCc4ccc(Cl)c(Cl)c4)c23)CO1. The lowest BCUT2D eigenvalue weighted by Gasteiger charge is -2.30. The van der Waals surface area contributed by atoms with Crippen LogP contribution < -0.4 is 0 Å². The summed E-state index contributed by atoms with van der Waals surface area (Å²) in [4.78, 5) is 12.2. The zero-order valence-electron chi connectivity index (χ0n) is 18.8. The molecule has 0 atom stereocenters. The van der Waals surface area contributed by atoms with Crippen LogP contribution in [0.1, 0.15) is 35.4 Å². The normalized spacial score (nSPS) is 14.9. The van der Waals surface area contributed by atoms with Crippen molar-refractivity contribution in [3.8, 4) is 0 Å². The van der Waals surface area contributed by atoms with Crippen LogP contribution in [0.15, 0.2) is 46.6 Å². The van der Waals surface area contributed by atoms with Gasteiger partial charge in [0.25, 0.3) is 0 Å². The Morgan fingerprint density at radius 3 is 2.14 bits per heavy atom. The number of nitrogens with zero attached hydrogens (tertiary/aromatic N) is 2. The first-order chi connectivity index (χ1) is 16.7. The number of rotatable bonds is 6. The lowest BCUT2D eigenvalue weighted by atomic mass is 9.95. The lowest BCUT2D eigenvalue weighted by Crippen LogP contribution is -2.31. The summed E-state index contributed by atoms with van der Waals surface area (Å²) in [5, 5.41) is 5.07. The maximum Gasteiger partial charge on any atom is 0.190 e. The van der Waals surface area contributed by atoms with E-state index >= 15 is 0 Å². The molecule has 2 aromatic heterocycles. The van der Waals surface area contributed by atoms with Crippen molar-refractivity contribution in [3.63, 3.8) is 0 Å². The molecule has 5 rings (SSSR count). The molecule has 0 unspecified atom stereocenters. The number of thioether (sulfide) groups is 2. The van der Waals surface area contributed by atoms with Gasteiger partial charge in [-0.15, -0.1) is 23.1 Å². The van der Waals surface area contributed by atoms with Crippen molar-refractivity contribution in [3.05, 3.63) is 78.1 Å². The Morgan fingerprint density at radius 2 is 1.51 bits per heavy atom. The lowest BCUT2D eigenvalue weighted by molar-refractivity contribution is -0.0379. The van der Waals surface area contributed by atoms with E-state index < -0.39 is 0 Å². The van der Waals surface area contributed by atoms with Crippen molar-refractivity contribution in [1.29, 1.82) is 0 Å². The van der Waals surface area contributed by atoms with Gasteiger partial charge in [-0.05, 0) is 54.8 Å². The number of thiophene rings is 1. The molecule has 35 heavy (non-hydrogen) atoms. The average molecular weight is 602 g/mol. The summed E-state index contributed by atoms with van der Waals surface area (Å²) in [7, 11) is 0. The van der Waals surface area contributed by atoms with Crippen molar-refractivity contribution >= 4 is 91.5 Å². The molecule has 0 amide bonds. The van der Waals surface area contributed by atoms with Gasteiger partial charge in [-0.2, -0.15) is 0 Å². The molecule has 3 nitrogen and oxygen atoms in total. The molecule has 1 aliphatic heterocycles. The predicted octanol–water partition coefficient (Wildman–Crippen LogP) is 9.74. The van der Waals surface area contributed by atoms with Crippen LogP contribution in [0, 0.1) is 0 Å². The third-order valence-electron chi connectivity index (χ3n) is 5.59. The molecule has 3 heterocycles. The van der Waals surface area contributed by atoms with Gasteiger partial charge in [0, 0.05) is 28.2 Å². The zero-order valence-corrected chi connectivity index (χ0v) is 24.3. The Bertz CT molecular complexity index is 1420. The van der Waals surface area contributed by atoms with Crippen molar-refractivity contribution in [2.75, 3.05) is 0 Å². The molecule has 0 saturated carbocycles. The molecule has 0 bridgehead atoms. The van der Waals surface area contributed by atoms with Crippen molar-refractivity contribution in [1.82, 2.24) is 9.97 Å². The first kappa shape index (κ1) is 25.9. The number of fused-ring (bicyclic) bond motifs is 3. The van der Waals surface area contributed by atoms with Gasteiger partial charge in [-0.25, -0.2) is 9.97 Å². The van der Waals surface area contributed by atoms with Crippen LogP contribution in [0.2, 0.25) is 20.1 Å². The molecular formula is C25H20Cl4N2OS3. The van der Waals surface area contributed by atoms with Crippen LogP contribution in [0.5, 0.6) is 0 Å². The number of hydrogen-bond acceptors (Lipinski definition) is 6. The minimum Gasteiger partial charge on any atom is -0.370 e. The van der Waals surface area contributed by atoms with Crippen LogP contribution >= 0.6 is 81.3 Å². The van der Waals surface area contributed by atoms with Gasteiger partial charge < -0.3 is 4.74 Å². The number of ether oxygens (including phenoxy) is 1. The summed E-state index contributed by atoms with van der Waals surface area (Å²) in [5.74, 6) is 1.42. The van der Waals surface area contributed by atoms with Crippen molar-refractivity contribution in [2.45, 2.75) is 54.2 Å². The average Bonchev–Trinajstić information content (AvgIpc) is 3.17. The molecule has 4 aromatic rings. The monoisotopic (exact) mass is 600 g/mol. The van der Waals surface area contributed by atoms with E-state index in [0.717, 1.165) is 43.7 Å². The van der Waals surface area contributed by atoms with Gasteiger partial charge >= 0.3 is 0 Å². The highest BCUT2D eigenvalue weighted by Crippen LogP contribution is 2.43. The molecule has 10 heteroatoms. The molecule has 182 valence electrons. The van der Waals surface area contributed by atoms with Gasteiger partial charge in [0.05, 0.1) is 32.3 Å². The third-order valence-corrected chi connectivity index (χ3v) is 10.1. The van der Waals surface area contributed by atoms with Crippen LogP contribution in [-0.2, 0) is 29.3 Å². The summed E-state index contributed by atoms with van der Waals surface area (Å²) in [6.07, 6.45) is 0.835.